The number of pyridine rings is 3. The van der Waals surface area contributed by atoms with Gasteiger partial charge in [0.1, 0.15) is 5.69 Å². The van der Waals surface area contributed by atoms with Gasteiger partial charge in [-0.25, -0.2) is 29.9 Å². The molecule has 0 spiro atoms. The van der Waals surface area contributed by atoms with Gasteiger partial charge in [-0.3, -0.25) is 9.97 Å². The molecule has 0 aliphatic carbocycles. The van der Waals surface area contributed by atoms with Crippen LogP contribution in [-0.4, -0.2) is 39.9 Å². The Morgan fingerprint density at radius 3 is 1.19 bits per heavy atom. The maximum atomic E-state index is 5.11. The highest BCUT2D eigenvalue weighted by atomic mass is 15.1. The van der Waals surface area contributed by atoms with Gasteiger partial charge in [0.2, 0.25) is 0 Å². The van der Waals surface area contributed by atoms with Crippen LogP contribution in [-0.2, 0) is 0 Å². The van der Waals surface area contributed by atoms with Crippen LogP contribution in [0.1, 0.15) is 0 Å². The van der Waals surface area contributed by atoms with Gasteiger partial charge < -0.3 is 0 Å². The Labute approximate surface area is 312 Å². The summed E-state index contributed by atoms with van der Waals surface area (Å²) >= 11 is 0. The molecule has 0 aliphatic rings. The van der Waals surface area contributed by atoms with Crippen LogP contribution in [0, 0.1) is 0 Å². The lowest BCUT2D eigenvalue weighted by Crippen LogP contribution is -2.04. The first kappa shape index (κ1) is 32.3. The van der Waals surface area contributed by atoms with Crippen molar-refractivity contribution < 1.29 is 0 Å². The van der Waals surface area contributed by atoms with E-state index in [2.05, 4.69) is 46.4 Å². The lowest BCUT2D eigenvalue weighted by molar-refractivity contribution is 1.05. The van der Waals surface area contributed by atoms with E-state index in [1.807, 2.05) is 133 Å². The van der Waals surface area contributed by atoms with Crippen molar-refractivity contribution in [3.05, 3.63) is 182 Å². The third kappa shape index (κ3) is 6.87. The lowest BCUT2D eigenvalue weighted by atomic mass is 10.0. The lowest BCUT2D eigenvalue weighted by Gasteiger charge is -2.12. The zero-order chi connectivity index (χ0) is 36.1. The maximum absolute atomic E-state index is 5.11. The summed E-state index contributed by atoms with van der Waals surface area (Å²) < 4.78 is 0. The Balaban J connectivity index is 1.24. The van der Waals surface area contributed by atoms with Gasteiger partial charge in [0.15, 0.2) is 23.3 Å². The predicted octanol–water partition coefficient (Wildman–Crippen LogP) is 10.2. The number of benzene rings is 4. The van der Waals surface area contributed by atoms with E-state index in [0.29, 0.717) is 40.4 Å². The Bertz CT molecular complexity index is 2620. The van der Waals surface area contributed by atoms with Gasteiger partial charge in [0.25, 0.3) is 0 Å². The van der Waals surface area contributed by atoms with Crippen LogP contribution in [0.4, 0.5) is 0 Å². The molecule has 0 N–H and O–H groups in total. The average molecular weight is 695 g/mol. The fraction of sp³-hybridized carbons (Fsp3) is 0. The van der Waals surface area contributed by atoms with E-state index in [1.54, 1.807) is 12.4 Å². The molecule has 0 unspecified atom stereocenters. The second-order valence-electron chi connectivity index (χ2n) is 12.5. The molecular weight excluding hydrogens is 665 g/mol. The van der Waals surface area contributed by atoms with Crippen molar-refractivity contribution in [2.45, 2.75) is 0 Å². The molecule has 8 nitrogen and oxygen atoms in total. The van der Waals surface area contributed by atoms with Crippen molar-refractivity contribution in [2.75, 3.05) is 0 Å². The third-order valence-electron chi connectivity index (χ3n) is 8.88. The van der Waals surface area contributed by atoms with Crippen LogP contribution < -0.4 is 0 Å². The SMILES string of the molecule is c1ccc(-c2ccc(-c3cc(-c4nc(-c5ccccc5)nc(-c5cc(-c6ccccn6)nc(-c6ccccn6)c5)n4)nc(-c4ccccc4)n3)cc2)cc1. The summed E-state index contributed by atoms with van der Waals surface area (Å²) in [4.78, 5) is 39.4. The fourth-order valence-electron chi connectivity index (χ4n) is 6.18. The summed E-state index contributed by atoms with van der Waals surface area (Å²) in [6.07, 6.45) is 3.51. The topological polar surface area (TPSA) is 103 Å². The normalized spacial score (nSPS) is 11.0. The molecule has 5 aromatic heterocycles. The summed E-state index contributed by atoms with van der Waals surface area (Å²) in [6, 6.07) is 56.0. The highest BCUT2D eigenvalue weighted by Gasteiger charge is 2.19. The molecule has 0 aliphatic heterocycles. The molecule has 0 atom stereocenters. The van der Waals surface area contributed by atoms with Crippen molar-refractivity contribution in [1.82, 2.24) is 39.9 Å². The molecule has 8 heteroatoms. The van der Waals surface area contributed by atoms with E-state index in [4.69, 9.17) is 29.9 Å². The standard InChI is InChI=1S/C46H30N8/c1-4-14-31(15-5-1)32-22-24-33(25-23-32)39-30-42(51-43(50-39)34-16-6-2-7-17-34)46-53-44(35-18-8-3-9-19-35)52-45(54-46)36-28-40(37-20-10-12-26-47-37)49-41(29-36)38-21-11-13-27-48-38/h1-30H. The molecule has 254 valence electrons. The zero-order valence-corrected chi connectivity index (χ0v) is 28.9. The molecule has 0 saturated carbocycles. The molecule has 9 rings (SSSR count). The van der Waals surface area contributed by atoms with Crippen LogP contribution in [0.25, 0.3) is 90.8 Å². The van der Waals surface area contributed by atoms with Gasteiger partial charge in [-0.05, 0) is 53.6 Å². The van der Waals surface area contributed by atoms with E-state index >= 15 is 0 Å². The van der Waals surface area contributed by atoms with Gasteiger partial charge in [0, 0.05) is 34.6 Å². The van der Waals surface area contributed by atoms with Gasteiger partial charge in [-0.1, -0.05) is 127 Å². The van der Waals surface area contributed by atoms with Crippen LogP contribution in [0.3, 0.4) is 0 Å². The minimum Gasteiger partial charge on any atom is -0.255 e. The maximum Gasteiger partial charge on any atom is 0.182 e. The highest BCUT2D eigenvalue weighted by Crippen LogP contribution is 2.32. The first-order valence-electron chi connectivity index (χ1n) is 17.5. The smallest absolute Gasteiger partial charge is 0.182 e. The van der Waals surface area contributed by atoms with Gasteiger partial charge in [-0.15, -0.1) is 0 Å². The minimum atomic E-state index is 0.413. The van der Waals surface area contributed by atoms with E-state index in [1.165, 1.54) is 0 Å². The Hall–Kier alpha value is -7.58. The minimum absolute atomic E-state index is 0.413. The predicted molar refractivity (Wildman–Crippen MR) is 212 cm³/mol. The van der Waals surface area contributed by atoms with Crippen LogP contribution in [0.5, 0.6) is 0 Å². The summed E-state index contributed by atoms with van der Waals surface area (Å²) in [7, 11) is 0. The molecular formula is C46H30N8. The van der Waals surface area contributed by atoms with Gasteiger partial charge in [-0.2, -0.15) is 0 Å². The molecule has 0 bridgehead atoms. The van der Waals surface area contributed by atoms with Gasteiger partial charge in [0.05, 0.1) is 28.5 Å². The molecule has 9 aromatic rings. The summed E-state index contributed by atoms with van der Waals surface area (Å²) in [5, 5.41) is 0. The van der Waals surface area contributed by atoms with E-state index in [-0.39, 0.29) is 0 Å². The number of rotatable bonds is 8. The third-order valence-corrected chi connectivity index (χ3v) is 8.88. The van der Waals surface area contributed by atoms with E-state index in [0.717, 1.165) is 50.5 Å². The van der Waals surface area contributed by atoms with Crippen molar-refractivity contribution >= 4 is 0 Å². The second-order valence-corrected chi connectivity index (χ2v) is 12.5. The molecule has 5 heterocycles. The summed E-state index contributed by atoms with van der Waals surface area (Å²) in [6.45, 7) is 0. The van der Waals surface area contributed by atoms with Crippen molar-refractivity contribution in [2.24, 2.45) is 0 Å². The highest BCUT2D eigenvalue weighted by molar-refractivity contribution is 5.76. The van der Waals surface area contributed by atoms with Crippen molar-refractivity contribution in [3.63, 3.8) is 0 Å². The molecule has 0 amide bonds. The Kier molecular flexibility index (Phi) is 8.73. The Morgan fingerprint density at radius 1 is 0.222 bits per heavy atom. The van der Waals surface area contributed by atoms with Crippen molar-refractivity contribution in [3.8, 4) is 90.8 Å². The van der Waals surface area contributed by atoms with Crippen LogP contribution in [0.15, 0.2) is 182 Å². The molecule has 54 heavy (non-hydrogen) atoms. The number of aromatic nitrogens is 8. The summed E-state index contributed by atoms with van der Waals surface area (Å²) in [5.41, 5.74) is 9.79. The molecule has 0 fully saturated rings. The summed E-state index contributed by atoms with van der Waals surface area (Å²) in [5.74, 6) is 1.96. The van der Waals surface area contributed by atoms with E-state index < -0.39 is 0 Å². The van der Waals surface area contributed by atoms with Crippen LogP contribution in [0.2, 0.25) is 0 Å². The first-order valence-corrected chi connectivity index (χ1v) is 17.5. The average Bonchev–Trinajstić information content (AvgIpc) is 3.27. The molecule has 4 aromatic carbocycles. The Morgan fingerprint density at radius 2 is 0.648 bits per heavy atom. The molecule has 0 saturated heterocycles. The zero-order valence-electron chi connectivity index (χ0n) is 28.9. The number of hydrogen-bond donors (Lipinski definition) is 0. The van der Waals surface area contributed by atoms with E-state index in [9.17, 15) is 0 Å². The number of hydrogen-bond acceptors (Lipinski definition) is 8. The first-order chi connectivity index (χ1) is 26.7. The fourth-order valence-corrected chi connectivity index (χ4v) is 6.18. The quantitative estimate of drug-likeness (QED) is 0.155. The van der Waals surface area contributed by atoms with Crippen molar-refractivity contribution in [1.29, 1.82) is 0 Å². The largest absolute Gasteiger partial charge is 0.255 e. The monoisotopic (exact) mass is 694 g/mol. The van der Waals surface area contributed by atoms with Gasteiger partial charge >= 0.3 is 0 Å². The number of nitrogens with zero attached hydrogens (tertiary/aromatic N) is 8. The van der Waals surface area contributed by atoms with Crippen LogP contribution >= 0.6 is 0 Å². The second kappa shape index (κ2) is 14.6. The molecule has 0 radical (unpaired) electrons.